The summed E-state index contributed by atoms with van der Waals surface area (Å²) < 4.78 is 5.39. The molecule has 21 heavy (non-hydrogen) atoms. The highest BCUT2D eigenvalue weighted by Crippen LogP contribution is 2.22. The molecule has 2 heterocycles. The van der Waals surface area contributed by atoms with Crippen LogP contribution in [0.2, 0.25) is 0 Å². The highest BCUT2D eigenvalue weighted by molar-refractivity contribution is 5.68. The zero-order chi connectivity index (χ0) is 15.5. The minimum atomic E-state index is -0.489. The molecule has 0 spiro atoms. The van der Waals surface area contributed by atoms with E-state index in [2.05, 4.69) is 10.3 Å². The topological polar surface area (TPSA) is 74.7 Å². The van der Waals surface area contributed by atoms with Gasteiger partial charge in [-0.15, -0.1) is 0 Å². The minimum Gasteiger partial charge on any atom is -0.504 e. The third-order valence-corrected chi connectivity index (χ3v) is 3.20. The van der Waals surface area contributed by atoms with Crippen LogP contribution in [0.1, 0.15) is 33.6 Å². The summed E-state index contributed by atoms with van der Waals surface area (Å²) in [5.74, 6) is 0.570. The molecular formula is C15H23N3O3. The van der Waals surface area contributed by atoms with E-state index in [1.54, 1.807) is 23.2 Å². The van der Waals surface area contributed by atoms with Crippen molar-refractivity contribution < 1.29 is 14.6 Å². The van der Waals surface area contributed by atoms with Crippen LogP contribution in [0.5, 0.6) is 5.75 Å². The standard InChI is InChI=1S/C15H23N3O3/c1-15(2,3)21-14(20)18-9-5-6-11(10-18)17-13-12(19)7-4-8-16-13/h4,7-8,11,19H,5-6,9-10H2,1-3H3,(H,16,17). The maximum absolute atomic E-state index is 12.1. The normalized spacial score (nSPS) is 19.2. The third kappa shape index (κ3) is 4.51. The number of carbonyl (C=O) groups is 1. The van der Waals surface area contributed by atoms with Crippen LogP contribution < -0.4 is 5.32 Å². The molecule has 0 saturated carbocycles. The second-order valence-electron chi connectivity index (χ2n) is 6.28. The van der Waals surface area contributed by atoms with Crippen molar-refractivity contribution in [3.05, 3.63) is 18.3 Å². The van der Waals surface area contributed by atoms with E-state index in [0.29, 0.717) is 18.9 Å². The molecule has 1 amide bonds. The first-order valence-corrected chi connectivity index (χ1v) is 7.23. The molecule has 0 bridgehead atoms. The first-order chi connectivity index (χ1) is 9.85. The number of piperidine rings is 1. The zero-order valence-electron chi connectivity index (χ0n) is 12.8. The molecule has 0 aliphatic carbocycles. The van der Waals surface area contributed by atoms with E-state index < -0.39 is 5.60 Å². The summed E-state index contributed by atoms with van der Waals surface area (Å²) in [6, 6.07) is 3.32. The van der Waals surface area contributed by atoms with Crippen molar-refractivity contribution in [3.63, 3.8) is 0 Å². The van der Waals surface area contributed by atoms with Crippen LogP contribution >= 0.6 is 0 Å². The predicted molar refractivity (Wildman–Crippen MR) is 80.4 cm³/mol. The van der Waals surface area contributed by atoms with Crippen LogP contribution in [0.3, 0.4) is 0 Å². The molecule has 1 aliphatic heterocycles. The van der Waals surface area contributed by atoms with Gasteiger partial charge in [0.05, 0.1) is 0 Å². The Labute approximate surface area is 125 Å². The van der Waals surface area contributed by atoms with Gasteiger partial charge in [0.2, 0.25) is 0 Å². The van der Waals surface area contributed by atoms with Crippen LogP contribution in [0.4, 0.5) is 10.6 Å². The molecule has 6 heteroatoms. The Morgan fingerprint density at radius 3 is 2.95 bits per heavy atom. The van der Waals surface area contributed by atoms with Gasteiger partial charge in [0.15, 0.2) is 11.6 Å². The lowest BCUT2D eigenvalue weighted by molar-refractivity contribution is 0.0206. The van der Waals surface area contributed by atoms with Gasteiger partial charge in [0, 0.05) is 25.3 Å². The summed E-state index contributed by atoms with van der Waals surface area (Å²) in [7, 11) is 0. The molecule has 1 aromatic heterocycles. The monoisotopic (exact) mass is 293 g/mol. The Bertz CT molecular complexity index is 499. The second kappa shape index (κ2) is 6.20. The average molecular weight is 293 g/mol. The Kier molecular flexibility index (Phi) is 4.55. The number of pyridine rings is 1. The lowest BCUT2D eigenvalue weighted by Crippen LogP contribution is -2.47. The molecule has 6 nitrogen and oxygen atoms in total. The SMILES string of the molecule is CC(C)(C)OC(=O)N1CCCC(Nc2ncccc2O)C1. The lowest BCUT2D eigenvalue weighted by atomic mass is 10.1. The molecule has 2 N–H and O–H groups in total. The Morgan fingerprint density at radius 1 is 1.52 bits per heavy atom. The smallest absolute Gasteiger partial charge is 0.410 e. The number of aromatic nitrogens is 1. The quantitative estimate of drug-likeness (QED) is 0.876. The molecule has 1 atom stereocenters. The molecule has 0 aromatic carbocycles. The zero-order valence-corrected chi connectivity index (χ0v) is 12.8. The minimum absolute atomic E-state index is 0.0621. The summed E-state index contributed by atoms with van der Waals surface area (Å²) >= 11 is 0. The van der Waals surface area contributed by atoms with Gasteiger partial charge in [-0.1, -0.05) is 0 Å². The predicted octanol–water partition coefficient (Wildman–Crippen LogP) is 2.60. The van der Waals surface area contributed by atoms with Crippen LogP contribution in [0, 0.1) is 0 Å². The fourth-order valence-corrected chi connectivity index (χ4v) is 2.29. The number of carbonyl (C=O) groups excluding carboxylic acids is 1. The first kappa shape index (κ1) is 15.4. The van der Waals surface area contributed by atoms with Crippen LogP contribution in [0.25, 0.3) is 0 Å². The van der Waals surface area contributed by atoms with E-state index in [4.69, 9.17) is 4.74 Å². The van der Waals surface area contributed by atoms with Crippen LogP contribution in [0.15, 0.2) is 18.3 Å². The van der Waals surface area contributed by atoms with Gasteiger partial charge in [0.25, 0.3) is 0 Å². The molecule has 1 aliphatic rings. The van der Waals surface area contributed by atoms with Gasteiger partial charge < -0.3 is 20.1 Å². The van der Waals surface area contributed by atoms with E-state index in [0.717, 1.165) is 12.8 Å². The average Bonchev–Trinajstić information content (AvgIpc) is 2.40. The maximum Gasteiger partial charge on any atom is 0.410 e. The fraction of sp³-hybridized carbons (Fsp3) is 0.600. The van der Waals surface area contributed by atoms with Crippen LogP contribution in [-0.4, -0.2) is 45.8 Å². The van der Waals surface area contributed by atoms with Crippen molar-refractivity contribution in [1.82, 2.24) is 9.88 Å². The van der Waals surface area contributed by atoms with Gasteiger partial charge in [-0.25, -0.2) is 9.78 Å². The van der Waals surface area contributed by atoms with Gasteiger partial charge in [-0.2, -0.15) is 0 Å². The number of hydrogen-bond donors (Lipinski definition) is 2. The Hall–Kier alpha value is -1.98. The largest absolute Gasteiger partial charge is 0.504 e. The molecule has 1 fully saturated rings. The second-order valence-corrected chi connectivity index (χ2v) is 6.28. The number of nitrogens with one attached hydrogen (secondary N) is 1. The number of rotatable bonds is 2. The van der Waals surface area contributed by atoms with E-state index in [1.165, 1.54) is 0 Å². The third-order valence-electron chi connectivity index (χ3n) is 3.20. The highest BCUT2D eigenvalue weighted by atomic mass is 16.6. The Balaban J connectivity index is 1.95. The lowest BCUT2D eigenvalue weighted by Gasteiger charge is -2.34. The number of ether oxygens (including phenoxy) is 1. The fourth-order valence-electron chi connectivity index (χ4n) is 2.29. The van der Waals surface area contributed by atoms with Crippen LogP contribution in [-0.2, 0) is 4.74 Å². The van der Waals surface area contributed by atoms with Crippen molar-refractivity contribution >= 4 is 11.9 Å². The number of hydrogen-bond acceptors (Lipinski definition) is 5. The number of nitrogens with zero attached hydrogens (tertiary/aromatic N) is 2. The van der Waals surface area contributed by atoms with Gasteiger partial charge in [-0.3, -0.25) is 0 Å². The molecule has 1 saturated heterocycles. The summed E-state index contributed by atoms with van der Waals surface area (Å²) in [6.07, 6.45) is 3.15. The van der Waals surface area contributed by atoms with Gasteiger partial charge in [-0.05, 0) is 45.7 Å². The van der Waals surface area contributed by atoms with Gasteiger partial charge >= 0.3 is 6.09 Å². The van der Waals surface area contributed by atoms with E-state index in [1.807, 2.05) is 20.8 Å². The highest BCUT2D eigenvalue weighted by Gasteiger charge is 2.27. The molecule has 0 radical (unpaired) electrons. The molecule has 1 unspecified atom stereocenters. The van der Waals surface area contributed by atoms with Crippen molar-refractivity contribution in [2.75, 3.05) is 18.4 Å². The Morgan fingerprint density at radius 2 is 2.29 bits per heavy atom. The van der Waals surface area contributed by atoms with Crippen molar-refractivity contribution in [2.24, 2.45) is 0 Å². The molecule has 1 aromatic rings. The number of likely N-dealkylation sites (tertiary alicyclic amines) is 1. The van der Waals surface area contributed by atoms with E-state index in [-0.39, 0.29) is 17.9 Å². The summed E-state index contributed by atoms with van der Waals surface area (Å²) in [5, 5.41) is 12.9. The molecule has 2 rings (SSSR count). The maximum atomic E-state index is 12.1. The first-order valence-electron chi connectivity index (χ1n) is 7.23. The summed E-state index contributed by atoms with van der Waals surface area (Å²) in [6.45, 7) is 6.82. The van der Waals surface area contributed by atoms with E-state index >= 15 is 0 Å². The van der Waals surface area contributed by atoms with Crippen molar-refractivity contribution in [2.45, 2.75) is 45.3 Å². The van der Waals surface area contributed by atoms with Crippen molar-refractivity contribution in [3.8, 4) is 5.75 Å². The summed E-state index contributed by atoms with van der Waals surface area (Å²) in [4.78, 5) is 17.9. The molecular weight excluding hydrogens is 270 g/mol. The van der Waals surface area contributed by atoms with E-state index in [9.17, 15) is 9.90 Å². The number of anilines is 1. The number of amides is 1. The van der Waals surface area contributed by atoms with Crippen molar-refractivity contribution in [1.29, 1.82) is 0 Å². The number of aromatic hydroxyl groups is 1. The summed E-state index contributed by atoms with van der Waals surface area (Å²) in [5.41, 5.74) is -0.489. The van der Waals surface area contributed by atoms with Gasteiger partial charge in [0.1, 0.15) is 5.60 Å². The molecule has 116 valence electrons.